The summed E-state index contributed by atoms with van der Waals surface area (Å²) in [5.74, 6) is 0.755. The Morgan fingerprint density at radius 1 is 1.06 bits per heavy atom. The average Bonchev–Trinajstić information content (AvgIpc) is 2.73. The van der Waals surface area contributed by atoms with Crippen LogP contribution in [0.1, 0.15) is 0 Å². The third kappa shape index (κ3) is 1.82. The number of oxazole rings is 1. The Morgan fingerprint density at radius 2 is 1.78 bits per heavy atom. The van der Waals surface area contributed by atoms with Gasteiger partial charge in [-0.3, -0.25) is 0 Å². The first-order valence-electron chi connectivity index (χ1n) is 5.22. The van der Waals surface area contributed by atoms with Gasteiger partial charge >= 0.3 is 0 Å². The lowest BCUT2D eigenvalue weighted by Crippen LogP contribution is -1.75. The van der Waals surface area contributed by atoms with Crippen LogP contribution < -0.4 is 0 Å². The standard InChI is InChI=1S/C13H8BrNO3/c14-9-5-12-10(6-11(9)17)15-13(18-12)7-1-3-8(16)4-2-7/h1-6,16-17H. The van der Waals surface area contributed by atoms with Gasteiger partial charge in [-0.15, -0.1) is 0 Å². The highest BCUT2D eigenvalue weighted by Crippen LogP contribution is 2.32. The summed E-state index contributed by atoms with van der Waals surface area (Å²) >= 11 is 3.22. The van der Waals surface area contributed by atoms with E-state index in [1.165, 1.54) is 6.07 Å². The fraction of sp³-hybridized carbons (Fsp3) is 0. The fourth-order valence-electron chi connectivity index (χ4n) is 1.67. The molecule has 0 unspecified atom stereocenters. The number of hydrogen-bond donors (Lipinski definition) is 2. The van der Waals surface area contributed by atoms with Gasteiger partial charge in [0.25, 0.3) is 0 Å². The van der Waals surface area contributed by atoms with Gasteiger partial charge in [-0.2, -0.15) is 0 Å². The van der Waals surface area contributed by atoms with Crippen molar-refractivity contribution in [2.75, 3.05) is 0 Å². The van der Waals surface area contributed by atoms with Crippen molar-refractivity contribution in [3.63, 3.8) is 0 Å². The van der Waals surface area contributed by atoms with Crippen molar-refractivity contribution in [2.24, 2.45) is 0 Å². The Labute approximate surface area is 111 Å². The molecular weight excluding hydrogens is 298 g/mol. The molecule has 5 heteroatoms. The summed E-state index contributed by atoms with van der Waals surface area (Å²) in [6.45, 7) is 0. The van der Waals surface area contributed by atoms with Crippen LogP contribution in [-0.4, -0.2) is 15.2 Å². The number of rotatable bonds is 1. The van der Waals surface area contributed by atoms with E-state index < -0.39 is 0 Å². The van der Waals surface area contributed by atoms with Crippen LogP contribution in [0, 0.1) is 0 Å². The van der Waals surface area contributed by atoms with E-state index in [1.54, 1.807) is 30.3 Å². The third-order valence-electron chi connectivity index (χ3n) is 2.57. The van der Waals surface area contributed by atoms with E-state index in [0.29, 0.717) is 21.5 Å². The predicted molar refractivity (Wildman–Crippen MR) is 70.5 cm³/mol. The molecule has 18 heavy (non-hydrogen) atoms. The molecule has 2 aromatic carbocycles. The summed E-state index contributed by atoms with van der Waals surface area (Å²) in [6.07, 6.45) is 0. The molecule has 0 amide bonds. The monoisotopic (exact) mass is 305 g/mol. The highest BCUT2D eigenvalue weighted by atomic mass is 79.9. The Balaban J connectivity index is 2.16. The molecule has 0 fully saturated rings. The van der Waals surface area contributed by atoms with E-state index >= 15 is 0 Å². The molecule has 0 aliphatic rings. The van der Waals surface area contributed by atoms with Crippen LogP contribution in [0.25, 0.3) is 22.6 Å². The van der Waals surface area contributed by atoms with Crippen molar-refractivity contribution in [1.29, 1.82) is 0 Å². The predicted octanol–water partition coefficient (Wildman–Crippen LogP) is 3.67. The van der Waals surface area contributed by atoms with E-state index in [1.807, 2.05) is 0 Å². The molecule has 0 bridgehead atoms. The molecule has 90 valence electrons. The minimum atomic E-state index is 0.119. The maximum absolute atomic E-state index is 9.57. The van der Waals surface area contributed by atoms with Crippen LogP contribution in [0.15, 0.2) is 45.3 Å². The summed E-state index contributed by atoms with van der Waals surface area (Å²) in [6, 6.07) is 9.77. The van der Waals surface area contributed by atoms with Gasteiger partial charge < -0.3 is 14.6 Å². The van der Waals surface area contributed by atoms with Crippen LogP contribution in [0.5, 0.6) is 11.5 Å². The number of aromatic hydroxyl groups is 2. The first-order chi connectivity index (χ1) is 8.63. The third-order valence-corrected chi connectivity index (χ3v) is 3.21. The van der Waals surface area contributed by atoms with E-state index in [4.69, 9.17) is 4.42 Å². The van der Waals surface area contributed by atoms with E-state index in [-0.39, 0.29) is 11.5 Å². The van der Waals surface area contributed by atoms with Crippen LogP contribution in [0.3, 0.4) is 0 Å². The van der Waals surface area contributed by atoms with E-state index in [9.17, 15) is 10.2 Å². The van der Waals surface area contributed by atoms with Gasteiger partial charge in [0, 0.05) is 17.7 Å². The van der Waals surface area contributed by atoms with Crippen molar-refractivity contribution in [2.45, 2.75) is 0 Å². The largest absolute Gasteiger partial charge is 0.508 e. The number of nitrogens with zero attached hydrogens (tertiary/aromatic N) is 1. The van der Waals surface area contributed by atoms with Gasteiger partial charge in [0.1, 0.15) is 17.0 Å². The molecular formula is C13H8BrNO3. The molecule has 3 rings (SSSR count). The minimum absolute atomic E-state index is 0.119. The van der Waals surface area contributed by atoms with Gasteiger partial charge in [-0.1, -0.05) is 0 Å². The Hall–Kier alpha value is -2.01. The maximum Gasteiger partial charge on any atom is 0.227 e. The molecule has 0 atom stereocenters. The van der Waals surface area contributed by atoms with Crippen molar-refractivity contribution in [3.8, 4) is 23.0 Å². The lowest BCUT2D eigenvalue weighted by molar-refractivity contribution is 0.472. The highest BCUT2D eigenvalue weighted by Gasteiger charge is 2.10. The van der Waals surface area contributed by atoms with Crippen molar-refractivity contribution in [3.05, 3.63) is 40.9 Å². The average molecular weight is 306 g/mol. The van der Waals surface area contributed by atoms with Crippen LogP contribution >= 0.6 is 15.9 Å². The lowest BCUT2D eigenvalue weighted by Gasteiger charge is -1.94. The number of halogens is 1. The molecule has 3 aromatic rings. The topological polar surface area (TPSA) is 66.5 Å². The molecule has 4 nitrogen and oxygen atoms in total. The summed E-state index contributed by atoms with van der Waals surface area (Å²) in [4.78, 5) is 4.29. The zero-order valence-corrected chi connectivity index (χ0v) is 10.7. The summed E-state index contributed by atoms with van der Waals surface area (Å²) in [5.41, 5.74) is 1.93. The zero-order valence-electron chi connectivity index (χ0n) is 9.09. The summed E-state index contributed by atoms with van der Waals surface area (Å²) in [7, 11) is 0. The summed E-state index contributed by atoms with van der Waals surface area (Å²) in [5, 5.41) is 18.8. The van der Waals surface area contributed by atoms with Gasteiger partial charge in [-0.25, -0.2) is 4.98 Å². The first kappa shape index (κ1) is 11.1. The second kappa shape index (κ2) is 4.03. The number of phenols is 2. The number of phenolic OH excluding ortho intramolecular Hbond substituents is 2. The molecule has 0 aliphatic heterocycles. The fourth-order valence-corrected chi connectivity index (χ4v) is 1.99. The molecule has 1 aromatic heterocycles. The van der Waals surface area contributed by atoms with Crippen LogP contribution in [-0.2, 0) is 0 Å². The zero-order chi connectivity index (χ0) is 12.7. The van der Waals surface area contributed by atoms with Crippen molar-refractivity contribution >= 4 is 27.0 Å². The molecule has 0 radical (unpaired) electrons. The number of benzene rings is 2. The Bertz CT molecular complexity index is 680. The smallest absolute Gasteiger partial charge is 0.227 e. The number of fused-ring (bicyclic) bond motifs is 1. The maximum atomic E-state index is 9.57. The van der Waals surface area contributed by atoms with E-state index in [2.05, 4.69) is 20.9 Å². The van der Waals surface area contributed by atoms with Gasteiger partial charge in [0.2, 0.25) is 5.89 Å². The van der Waals surface area contributed by atoms with Gasteiger partial charge in [-0.05, 0) is 40.2 Å². The Kier molecular flexibility index (Phi) is 2.48. The quantitative estimate of drug-likeness (QED) is 0.720. The second-order valence-electron chi connectivity index (χ2n) is 3.84. The van der Waals surface area contributed by atoms with Gasteiger partial charge in [0.05, 0.1) is 4.47 Å². The van der Waals surface area contributed by atoms with Gasteiger partial charge in [0.15, 0.2) is 5.58 Å². The first-order valence-corrected chi connectivity index (χ1v) is 6.01. The number of hydrogen-bond acceptors (Lipinski definition) is 4. The second-order valence-corrected chi connectivity index (χ2v) is 4.69. The summed E-state index contributed by atoms with van der Waals surface area (Å²) < 4.78 is 6.15. The van der Waals surface area contributed by atoms with Crippen LogP contribution in [0.4, 0.5) is 0 Å². The molecule has 2 N–H and O–H groups in total. The van der Waals surface area contributed by atoms with Crippen molar-refractivity contribution < 1.29 is 14.6 Å². The molecule has 0 aliphatic carbocycles. The Morgan fingerprint density at radius 3 is 2.50 bits per heavy atom. The lowest BCUT2D eigenvalue weighted by atomic mass is 10.2. The molecule has 0 spiro atoms. The van der Waals surface area contributed by atoms with Crippen molar-refractivity contribution in [1.82, 2.24) is 4.98 Å². The minimum Gasteiger partial charge on any atom is -0.508 e. The normalized spacial score (nSPS) is 10.9. The number of aromatic nitrogens is 1. The molecule has 1 heterocycles. The highest BCUT2D eigenvalue weighted by molar-refractivity contribution is 9.10. The van der Waals surface area contributed by atoms with Crippen LogP contribution in [0.2, 0.25) is 0 Å². The SMILES string of the molecule is Oc1ccc(-c2nc3cc(O)c(Br)cc3o2)cc1. The van der Waals surface area contributed by atoms with E-state index in [0.717, 1.165) is 5.56 Å². The molecule has 0 saturated heterocycles. The molecule has 0 saturated carbocycles.